The van der Waals surface area contributed by atoms with Gasteiger partial charge in [0.15, 0.2) is 0 Å². The molecule has 1 aromatic carbocycles. The minimum atomic E-state index is -1.66. The molecule has 26 heavy (non-hydrogen) atoms. The first-order chi connectivity index (χ1) is 12.5. The van der Waals surface area contributed by atoms with E-state index in [0.29, 0.717) is 12.3 Å². The van der Waals surface area contributed by atoms with Gasteiger partial charge in [-0.05, 0) is 57.3 Å². The first kappa shape index (κ1) is 19.9. The fourth-order valence-electron chi connectivity index (χ4n) is 2.98. The Morgan fingerprint density at radius 2 is 1.88 bits per heavy atom. The Hall–Kier alpha value is -2.41. The van der Waals surface area contributed by atoms with Gasteiger partial charge < -0.3 is 20.5 Å². The van der Waals surface area contributed by atoms with Crippen LogP contribution in [0.2, 0.25) is 0 Å². The van der Waals surface area contributed by atoms with Crippen molar-refractivity contribution in [2.75, 3.05) is 13.1 Å². The van der Waals surface area contributed by atoms with Gasteiger partial charge in [0.1, 0.15) is 5.75 Å². The molecule has 142 valence electrons. The van der Waals surface area contributed by atoms with Gasteiger partial charge in [-0.25, -0.2) is 4.79 Å². The molecular weight excluding hydrogens is 336 g/mol. The molecule has 1 fully saturated rings. The van der Waals surface area contributed by atoms with Gasteiger partial charge in [-0.15, -0.1) is 0 Å². The predicted molar refractivity (Wildman–Crippen MR) is 95.9 cm³/mol. The summed E-state index contributed by atoms with van der Waals surface area (Å²) in [5, 5.41) is 15.2. The van der Waals surface area contributed by atoms with Crippen molar-refractivity contribution < 1.29 is 24.2 Å². The maximum absolute atomic E-state index is 12.4. The second kappa shape index (κ2) is 9.91. The number of carbonyl (C=O) groups is 3. The van der Waals surface area contributed by atoms with E-state index in [1.807, 2.05) is 0 Å². The smallest absolute Gasteiger partial charge is 0.352 e. The molecule has 7 nitrogen and oxygen atoms in total. The zero-order valence-corrected chi connectivity index (χ0v) is 14.9. The summed E-state index contributed by atoms with van der Waals surface area (Å²) < 4.78 is 5.29. The van der Waals surface area contributed by atoms with Gasteiger partial charge in [-0.1, -0.05) is 18.2 Å². The van der Waals surface area contributed by atoms with Gasteiger partial charge in [0, 0.05) is 6.42 Å². The van der Waals surface area contributed by atoms with E-state index < -0.39 is 23.9 Å². The van der Waals surface area contributed by atoms with Crippen molar-refractivity contribution in [1.29, 1.82) is 0 Å². The molecule has 1 aliphatic rings. The number of nitrogens with one attached hydrogen (secondary N) is 2. The number of Topliss-reactive ketones (excluding diaryl/α,β-unsaturated/α-hetero) is 1. The van der Waals surface area contributed by atoms with Gasteiger partial charge in [-0.2, -0.15) is 0 Å². The third kappa shape index (κ3) is 6.15. The van der Waals surface area contributed by atoms with E-state index in [2.05, 4.69) is 10.6 Å². The highest BCUT2D eigenvalue weighted by atomic mass is 16.5. The fraction of sp³-hybridized carbons (Fsp3) is 0.526. The number of aliphatic carboxylic acids is 1. The quantitative estimate of drug-likeness (QED) is 0.573. The normalized spacial score (nSPS) is 17.1. The number of hydrogen-bond acceptors (Lipinski definition) is 5. The highest BCUT2D eigenvalue weighted by Crippen LogP contribution is 2.17. The molecule has 1 heterocycles. The lowest BCUT2D eigenvalue weighted by Crippen LogP contribution is -2.48. The molecule has 1 amide bonds. The SMILES string of the molecule is CC(NC(=O)CCC1CCNCC1)C(=O)C(Oc1ccccc1)C(=O)O. The van der Waals surface area contributed by atoms with E-state index in [1.165, 1.54) is 6.92 Å². The third-order valence-corrected chi connectivity index (χ3v) is 4.52. The van der Waals surface area contributed by atoms with Crippen LogP contribution in [-0.4, -0.2) is 48.0 Å². The van der Waals surface area contributed by atoms with Crippen LogP contribution in [0.4, 0.5) is 0 Å². The van der Waals surface area contributed by atoms with Crippen LogP contribution < -0.4 is 15.4 Å². The number of hydrogen-bond donors (Lipinski definition) is 3. The topological polar surface area (TPSA) is 105 Å². The molecule has 0 saturated carbocycles. The van der Waals surface area contributed by atoms with Crippen LogP contribution in [0.1, 0.15) is 32.6 Å². The van der Waals surface area contributed by atoms with Gasteiger partial charge in [0.2, 0.25) is 11.7 Å². The lowest BCUT2D eigenvalue weighted by molar-refractivity contribution is -0.151. The largest absolute Gasteiger partial charge is 0.478 e. The van der Waals surface area contributed by atoms with Gasteiger partial charge in [0.25, 0.3) is 6.10 Å². The minimum Gasteiger partial charge on any atom is -0.478 e. The Bertz CT molecular complexity index is 614. The molecule has 1 aliphatic heterocycles. The van der Waals surface area contributed by atoms with E-state index >= 15 is 0 Å². The standard InChI is InChI=1S/C19H26N2O5/c1-13(21-16(22)8-7-14-9-11-20-12-10-14)17(23)18(19(24)25)26-15-5-3-2-4-6-15/h2-6,13-14,18,20H,7-12H2,1H3,(H,21,22)(H,24,25). The Morgan fingerprint density at radius 1 is 1.23 bits per heavy atom. The summed E-state index contributed by atoms with van der Waals surface area (Å²) in [7, 11) is 0. The molecule has 2 unspecified atom stereocenters. The van der Waals surface area contributed by atoms with E-state index in [1.54, 1.807) is 30.3 Å². The number of benzene rings is 1. The zero-order valence-electron chi connectivity index (χ0n) is 14.9. The first-order valence-electron chi connectivity index (χ1n) is 8.95. The lowest BCUT2D eigenvalue weighted by Gasteiger charge is -2.23. The lowest BCUT2D eigenvalue weighted by atomic mass is 9.93. The summed E-state index contributed by atoms with van der Waals surface area (Å²) in [6, 6.07) is 7.35. The second-order valence-corrected chi connectivity index (χ2v) is 6.57. The average molecular weight is 362 g/mol. The van der Waals surface area contributed by atoms with Crippen LogP contribution in [0.5, 0.6) is 5.75 Å². The van der Waals surface area contributed by atoms with Crippen molar-refractivity contribution in [1.82, 2.24) is 10.6 Å². The van der Waals surface area contributed by atoms with E-state index in [4.69, 9.17) is 4.74 Å². The molecule has 1 aromatic rings. The first-order valence-corrected chi connectivity index (χ1v) is 8.95. The van der Waals surface area contributed by atoms with Crippen LogP contribution in [0.15, 0.2) is 30.3 Å². The predicted octanol–water partition coefficient (Wildman–Crippen LogP) is 1.37. The molecule has 0 aromatic heterocycles. The summed E-state index contributed by atoms with van der Waals surface area (Å²) in [6.45, 7) is 3.42. The fourth-order valence-corrected chi connectivity index (χ4v) is 2.98. The Balaban J connectivity index is 1.84. The zero-order chi connectivity index (χ0) is 18.9. The number of rotatable bonds is 9. The number of ketones is 1. The van der Waals surface area contributed by atoms with Crippen LogP contribution in [0.3, 0.4) is 0 Å². The van der Waals surface area contributed by atoms with Crippen LogP contribution in [0, 0.1) is 5.92 Å². The van der Waals surface area contributed by atoms with Crippen molar-refractivity contribution in [2.45, 2.75) is 44.8 Å². The van der Waals surface area contributed by atoms with Crippen molar-refractivity contribution >= 4 is 17.7 Å². The summed E-state index contributed by atoms with van der Waals surface area (Å²) in [5.74, 6) is -1.50. The molecule has 7 heteroatoms. The summed E-state index contributed by atoms with van der Waals surface area (Å²) in [6.07, 6.45) is 1.55. The van der Waals surface area contributed by atoms with Crippen LogP contribution in [0.25, 0.3) is 0 Å². The monoisotopic (exact) mass is 362 g/mol. The molecule has 1 saturated heterocycles. The number of ether oxygens (including phenoxy) is 1. The maximum Gasteiger partial charge on any atom is 0.352 e. The van der Waals surface area contributed by atoms with Gasteiger partial charge in [-0.3, -0.25) is 9.59 Å². The number of amides is 1. The van der Waals surface area contributed by atoms with Crippen LogP contribution >= 0.6 is 0 Å². The molecule has 0 aliphatic carbocycles. The minimum absolute atomic E-state index is 0.242. The second-order valence-electron chi connectivity index (χ2n) is 6.57. The van der Waals surface area contributed by atoms with E-state index in [-0.39, 0.29) is 11.7 Å². The Labute approximate surface area is 153 Å². The van der Waals surface area contributed by atoms with Crippen molar-refractivity contribution in [3.63, 3.8) is 0 Å². The number of carboxylic acids is 1. The number of carbonyl (C=O) groups excluding carboxylic acids is 2. The molecule has 0 radical (unpaired) electrons. The molecule has 2 atom stereocenters. The van der Waals surface area contributed by atoms with E-state index in [0.717, 1.165) is 32.4 Å². The van der Waals surface area contributed by atoms with Gasteiger partial charge in [0.05, 0.1) is 6.04 Å². The molecule has 0 bridgehead atoms. The summed E-state index contributed by atoms with van der Waals surface area (Å²) in [4.78, 5) is 35.9. The molecule has 3 N–H and O–H groups in total. The maximum atomic E-state index is 12.4. The third-order valence-electron chi connectivity index (χ3n) is 4.52. The Morgan fingerprint density at radius 3 is 2.50 bits per heavy atom. The number of carboxylic acid groups (broad SMARTS) is 1. The molecule has 2 rings (SSSR count). The highest BCUT2D eigenvalue weighted by Gasteiger charge is 2.33. The van der Waals surface area contributed by atoms with Gasteiger partial charge >= 0.3 is 5.97 Å². The summed E-state index contributed by atoms with van der Waals surface area (Å²) >= 11 is 0. The van der Waals surface area contributed by atoms with Crippen molar-refractivity contribution in [2.24, 2.45) is 5.92 Å². The Kier molecular flexibility index (Phi) is 7.59. The number of piperidine rings is 1. The van der Waals surface area contributed by atoms with Crippen molar-refractivity contribution in [3.05, 3.63) is 30.3 Å². The highest BCUT2D eigenvalue weighted by molar-refractivity contribution is 6.05. The summed E-state index contributed by atoms with van der Waals surface area (Å²) in [5.41, 5.74) is 0. The average Bonchev–Trinajstić information content (AvgIpc) is 2.65. The van der Waals surface area contributed by atoms with Crippen molar-refractivity contribution in [3.8, 4) is 5.75 Å². The molecule has 0 spiro atoms. The molecular formula is C19H26N2O5. The van der Waals surface area contributed by atoms with E-state index in [9.17, 15) is 19.5 Å². The van der Waals surface area contributed by atoms with Crippen LogP contribution in [-0.2, 0) is 14.4 Å². The number of para-hydroxylation sites is 1.